The third kappa shape index (κ3) is 3.59. The molecule has 0 saturated carbocycles. The summed E-state index contributed by atoms with van der Waals surface area (Å²) in [5.74, 6) is 0.319. The molecule has 1 N–H and O–H groups in total. The Hall–Kier alpha value is -2.70. The van der Waals surface area contributed by atoms with E-state index in [9.17, 15) is 8.42 Å². The number of H-pyrrole nitrogens is 1. The molecule has 0 saturated heterocycles. The lowest BCUT2D eigenvalue weighted by Crippen LogP contribution is -2.05. The number of hydrogen-bond donors (Lipinski definition) is 1. The number of halogens is 1. The van der Waals surface area contributed by atoms with E-state index in [4.69, 9.17) is 0 Å². The molecule has 0 amide bonds. The molecule has 0 spiro atoms. The Morgan fingerprint density at radius 2 is 1.67 bits per heavy atom. The van der Waals surface area contributed by atoms with Crippen LogP contribution in [0.25, 0.3) is 22.0 Å². The lowest BCUT2D eigenvalue weighted by Gasteiger charge is -2.08. The molecule has 0 aliphatic rings. The van der Waals surface area contributed by atoms with Gasteiger partial charge < -0.3 is 4.98 Å². The van der Waals surface area contributed by atoms with Gasteiger partial charge in [0.2, 0.25) is 9.84 Å². The fourth-order valence-corrected chi connectivity index (χ4v) is 4.65. The molecule has 4 aromatic rings. The van der Waals surface area contributed by atoms with Gasteiger partial charge in [0.15, 0.2) is 0 Å². The number of aromatic amines is 1. The smallest absolute Gasteiger partial charge is 0.210 e. The van der Waals surface area contributed by atoms with E-state index in [0.29, 0.717) is 5.82 Å². The summed E-state index contributed by atoms with van der Waals surface area (Å²) in [5, 5.41) is 0. The molecular weight excluding hydrogens is 424 g/mol. The van der Waals surface area contributed by atoms with Crippen molar-refractivity contribution >= 4 is 47.8 Å². The molecule has 0 fully saturated rings. The summed E-state index contributed by atoms with van der Waals surface area (Å²) in [4.78, 5) is 8.00. The minimum absolute atomic E-state index is 0.128. The maximum absolute atomic E-state index is 13.4. The van der Waals surface area contributed by atoms with Crippen LogP contribution in [0.2, 0.25) is 0 Å². The van der Waals surface area contributed by atoms with Crippen molar-refractivity contribution in [3.8, 4) is 0 Å². The first kappa shape index (κ1) is 17.7. The molecule has 1 heterocycles. The maximum atomic E-state index is 13.4. The quantitative estimate of drug-likeness (QED) is 0.470. The number of nitrogens with zero attached hydrogens (tertiary/aromatic N) is 1. The number of aromatic nitrogens is 2. The van der Waals surface area contributed by atoms with Gasteiger partial charge >= 0.3 is 0 Å². The Morgan fingerprint density at radius 3 is 2.41 bits per heavy atom. The number of benzene rings is 3. The average Bonchev–Trinajstić information content (AvgIpc) is 3.10. The summed E-state index contributed by atoms with van der Waals surface area (Å²) < 4.78 is 27.6. The lowest BCUT2D eigenvalue weighted by molar-refractivity contribution is 0.606. The molecule has 0 radical (unpaired) electrons. The topological polar surface area (TPSA) is 62.8 Å². The molecule has 134 valence electrons. The second kappa shape index (κ2) is 7.13. The van der Waals surface area contributed by atoms with Crippen molar-refractivity contribution in [3.05, 3.63) is 94.7 Å². The van der Waals surface area contributed by atoms with Gasteiger partial charge in [0.25, 0.3) is 0 Å². The fraction of sp³-hybridized carbons (Fsp3) is 0. The Bertz CT molecular complexity index is 1210. The molecule has 0 atom stereocenters. The van der Waals surface area contributed by atoms with E-state index in [1.54, 1.807) is 36.4 Å². The molecular formula is C21H15BrN2O2S. The van der Waals surface area contributed by atoms with Crippen molar-refractivity contribution in [1.29, 1.82) is 0 Å². The van der Waals surface area contributed by atoms with E-state index in [2.05, 4.69) is 25.9 Å². The van der Waals surface area contributed by atoms with Crippen LogP contribution in [0, 0.1) is 0 Å². The monoisotopic (exact) mass is 438 g/mol. The van der Waals surface area contributed by atoms with Gasteiger partial charge in [-0.25, -0.2) is 13.4 Å². The van der Waals surface area contributed by atoms with Crippen LogP contribution in [-0.4, -0.2) is 18.4 Å². The third-order valence-electron chi connectivity index (χ3n) is 4.11. The molecule has 0 bridgehead atoms. The van der Waals surface area contributed by atoms with E-state index >= 15 is 0 Å². The van der Waals surface area contributed by atoms with Crippen LogP contribution in [0.3, 0.4) is 0 Å². The van der Waals surface area contributed by atoms with Crippen LogP contribution in [0.1, 0.15) is 11.4 Å². The lowest BCUT2D eigenvalue weighted by atomic mass is 10.2. The van der Waals surface area contributed by atoms with E-state index in [1.165, 1.54) is 0 Å². The minimum Gasteiger partial charge on any atom is -0.337 e. The van der Waals surface area contributed by atoms with Crippen molar-refractivity contribution < 1.29 is 8.42 Å². The molecule has 27 heavy (non-hydrogen) atoms. The average molecular weight is 439 g/mol. The van der Waals surface area contributed by atoms with Crippen molar-refractivity contribution in [2.75, 3.05) is 0 Å². The van der Waals surface area contributed by atoms with Crippen LogP contribution in [0.15, 0.2) is 88.2 Å². The number of imidazole rings is 1. The van der Waals surface area contributed by atoms with Crippen LogP contribution in [-0.2, 0) is 9.84 Å². The van der Waals surface area contributed by atoms with Gasteiger partial charge in [-0.1, -0.05) is 58.4 Å². The van der Waals surface area contributed by atoms with Crippen molar-refractivity contribution in [2.24, 2.45) is 0 Å². The fourth-order valence-electron chi connectivity index (χ4n) is 2.82. The molecule has 0 aliphatic heterocycles. The summed E-state index contributed by atoms with van der Waals surface area (Å²) >= 11 is 3.43. The predicted octanol–water partition coefficient (Wildman–Crippen LogP) is 5.30. The van der Waals surface area contributed by atoms with Gasteiger partial charge in [-0.3, -0.25) is 0 Å². The summed E-state index contributed by atoms with van der Waals surface area (Å²) in [6.07, 6.45) is 1.64. The van der Waals surface area contributed by atoms with Gasteiger partial charge in [-0.2, -0.15) is 0 Å². The highest BCUT2D eigenvalue weighted by molar-refractivity contribution is 9.10. The number of sulfone groups is 1. The van der Waals surface area contributed by atoms with Crippen LogP contribution in [0.4, 0.5) is 0 Å². The largest absolute Gasteiger partial charge is 0.337 e. The first-order chi connectivity index (χ1) is 13.0. The van der Waals surface area contributed by atoms with Gasteiger partial charge in [-0.15, -0.1) is 0 Å². The second-order valence-corrected chi connectivity index (χ2v) is 8.82. The van der Waals surface area contributed by atoms with Crippen LogP contribution in [0.5, 0.6) is 0 Å². The van der Waals surface area contributed by atoms with E-state index < -0.39 is 9.84 Å². The van der Waals surface area contributed by atoms with Crippen molar-refractivity contribution in [2.45, 2.75) is 4.90 Å². The third-order valence-corrected chi connectivity index (χ3v) is 6.39. The van der Waals surface area contributed by atoms with Gasteiger partial charge in [-0.05, 0) is 48.0 Å². The Morgan fingerprint density at radius 1 is 0.926 bits per heavy atom. The molecule has 0 unspecified atom stereocenters. The zero-order valence-electron chi connectivity index (χ0n) is 14.1. The molecule has 4 nitrogen and oxygen atoms in total. The molecule has 3 aromatic carbocycles. The molecule has 0 aliphatic carbocycles. The van der Waals surface area contributed by atoms with Gasteiger partial charge in [0.05, 0.1) is 15.9 Å². The zero-order valence-corrected chi connectivity index (χ0v) is 16.5. The van der Waals surface area contributed by atoms with E-state index in [1.807, 2.05) is 48.5 Å². The Kier molecular flexibility index (Phi) is 4.68. The first-order valence-electron chi connectivity index (χ1n) is 8.26. The van der Waals surface area contributed by atoms with Gasteiger partial charge in [0.1, 0.15) is 10.7 Å². The number of para-hydroxylation sites is 2. The van der Waals surface area contributed by atoms with Gasteiger partial charge in [0, 0.05) is 4.47 Å². The van der Waals surface area contributed by atoms with E-state index in [-0.39, 0.29) is 9.80 Å². The zero-order chi connectivity index (χ0) is 18.9. The number of rotatable bonds is 4. The molecule has 4 rings (SSSR count). The Labute approximate surface area is 165 Å². The highest BCUT2D eigenvalue weighted by Gasteiger charge is 2.25. The second-order valence-electron chi connectivity index (χ2n) is 5.98. The highest BCUT2D eigenvalue weighted by Crippen LogP contribution is 2.30. The van der Waals surface area contributed by atoms with E-state index in [0.717, 1.165) is 21.1 Å². The van der Waals surface area contributed by atoms with Crippen LogP contribution < -0.4 is 0 Å². The molecule has 1 aromatic heterocycles. The summed E-state index contributed by atoms with van der Waals surface area (Å²) in [6, 6.07) is 23.3. The standard InChI is InChI=1S/C21H15BrN2O2S/c22-16-8-6-7-15(13-16)14-20(27(25,26)17-9-2-1-3-10-17)21-23-18-11-4-5-12-19(18)24-21/h1-14H,(H,23,24). The minimum atomic E-state index is -3.76. The number of nitrogens with one attached hydrogen (secondary N) is 1. The SMILES string of the molecule is O=S(=O)(C(=Cc1cccc(Br)c1)c1nc2ccccc2[nH]1)c1ccccc1. The first-order valence-corrected chi connectivity index (χ1v) is 10.5. The Balaban J connectivity index is 1.95. The highest BCUT2D eigenvalue weighted by atomic mass is 79.9. The number of fused-ring (bicyclic) bond motifs is 1. The summed E-state index contributed by atoms with van der Waals surface area (Å²) in [7, 11) is -3.76. The number of hydrogen-bond acceptors (Lipinski definition) is 3. The summed E-state index contributed by atoms with van der Waals surface area (Å²) in [5.41, 5.74) is 2.27. The maximum Gasteiger partial charge on any atom is 0.210 e. The predicted molar refractivity (Wildman–Crippen MR) is 112 cm³/mol. The summed E-state index contributed by atoms with van der Waals surface area (Å²) in [6.45, 7) is 0. The van der Waals surface area contributed by atoms with Crippen molar-refractivity contribution in [3.63, 3.8) is 0 Å². The molecule has 6 heteroatoms. The normalized spacial score (nSPS) is 12.4. The van der Waals surface area contributed by atoms with Crippen LogP contribution >= 0.6 is 15.9 Å². The van der Waals surface area contributed by atoms with Crippen molar-refractivity contribution in [1.82, 2.24) is 9.97 Å².